The first kappa shape index (κ1) is 14.7. The number of halogens is 2. The van der Waals surface area contributed by atoms with Crippen molar-refractivity contribution in [2.45, 2.75) is 34.2 Å². The Labute approximate surface area is 112 Å². The number of hydrogen-bond donors (Lipinski definition) is 1. The second-order valence-corrected chi connectivity index (χ2v) is 6.55. The molecule has 0 fully saturated rings. The van der Waals surface area contributed by atoms with E-state index in [1.807, 2.05) is 12.1 Å². The van der Waals surface area contributed by atoms with E-state index in [0.717, 1.165) is 11.0 Å². The van der Waals surface area contributed by atoms with Crippen molar-refractivity contribution < 1.29 is 4.39 Å². The van der Waals surface area contributed by atoms with Crippen molar-refractivity contribution in [1.82, 2.24) is 5.32 Å². The van der Waals surface area contributed by atoms with Crippen LogP contribution in [0.1, 0.15) is 33.3 Å². The van der Waals surface area contributed by atoms with E-state index in [-0.39, 0.29) is 11.2 Å². The van der Waals surface area contributed by atoms with Crippen LogP contribution in [0.2, 0.25) is 0 Å². The zero-order valence-corrected chi connectivity index (χ0v) is 12.6. The molecule has 0 saturated carbocycles. The molecule has 3 heteroatoms. The van der Waals surface area contributed by atoms with Gasteiger partial charge in [-0.25, -0.2) is 4.39 Å². The molecule has 1 aromatic rings. The standard InChI is InChI=1S/C14H21BrFN/c1-10(14(2,3)4)8-17-9-11-5-6-12(15)7-13(11)16/h5-7,10,17H,8-9H2,1-4H3. The molecule has 0 heterocycles. The predicted molar refractivity (Wildman–Crippen MR) is 74.4 cm³/mol. The summed E-state index contributed by atoms with van der Waals surface area (Å²) in [6.45, 7) is 10.4. The summed E-state index contributed by atoms with van der Waals surface area (Å²) in [5.74, 6) is 0.399. The summed E-state index contributed by atoms with van der Waals surface area (Å²) in [6, 6.07) is 5.19. The quantitative estimate of drug-likeness (QED) is 0.871. The van der Waals surface area contributed by atoms with Gasteiger partial charge in [-0.05, 0) is 30.0 Å². The van der Waals surface area contributed by atoms with E-state index in [4.69, 9.17) is 0 Å². The number of nitrogens with one attached hydrogen (secondary N) is 1. The third-order valence-electron chi connectivity index (χ3n) is 3.26. The molecule has 0 aliphatic carbocycles. The minimum Gasteiger partial charge on any atom is -0.312 e. The largest absolute Gasteiger partial charge is 0.312 e. The summed E-state index contributed by atoms with van der Waals surface area (Å²) >= 11 is 3.25. The summed E-state index contributed by atoms with van der Waals surface area (Å²) in [7, 11) is 0. The zero-order chi connectivity index (χ0) is 13.1. The van der Waals surface area contributed by atoms with E-state index in [2.05, 4.69) is 48.9 Å². The molecule has 96 valence electrons. The molecule has 1 atom stereocenters. The van der Waals surface area contributed by atoms with Crippen molar-refractivity contribution in [3.05, 3.63) is 34.1 Å². The molecule has 0 radical (unpaired) electrons. The molecule has 1 N–H and O–H groups in total. The van der Waals surface area contributed by atoms with E-state index >= 15 is 0 Å². The SMILES string of the molecule is CC(CNCc1ccc(Br)cc1F)C(C)(C)C. The molecule has 1 aromatic carbocycles. The Hall–Kier alpha value is -0.410. The third-order valence-corrected chi connectivity index (χ3v) is 3.75. The second kappa shape index (κ2) is 5.96. The van der Waals surface area contributed by atoms with Crippen LogP contribution < -0.4 is 5.32 Å². The molecule has 17 heavy (non-hydrogen) atoms. The molecule has 0 aliphatic heterocycles. The fourth-order valence-electron chi connectivity index (χ4n) is 1.39. The Morgan fingerprint density at radius 1 is 1.35 bits per heavy atom. The van der Waals surface area contributed by atoms with E-state index < -0.39 is 0 Å². The maximum atomic E-state index is 13.5. The van der Waals surface area contributed by atoms with Gasteiger partial charge in [0.1, 0.15) is 5.82 Å². The van der Waals surface area contributed by atoms with Gasteiger partial charge in [0.15, 0.2) is 0 Å². The van der Waals surface area contributed by atoms with Gasteiger partial charge in [-0.2, -0.15) is 0 Å². The molecule has 0 aromatic heterocycles. The van der Waals surface area contributed by atoms with E-state index in [1.54, 1.807) is 0 Å². The van der Waals surface area contributed by atoms with Gasteiger partial charge in [-0.15, -0.1) is 0 Å². The van der Waals surface area contributed by atoms with Crippen LogP contribution in [0.5, 0.6) is 0 Å². The van der Waals surface area contributed by atoms with Crippen LogP contribution in [0.25, 0.3) is 0 Å². The van der Waals surface area contributed by atoms with Gasteiger partial charge in [0.05, 0.1) is 0 Å². The van der Waals surface area contributed by atoms with Crippen molar-refractivity contribution in [1.29, 1.82) is 0 Å². The van der Waals surface area contributed by atoms with Crippen LogP contribution in [0.15, 0.2) is 22.7 Å². The molecule has 0 bridgehead atoms. The van der Waals surface area contributed by atoms with E-state index in [1.165, 1.54) is 6.07 Å². The smallest absolute Gasteiger partial charge is 0.128 e. The summed E-state index contributed by atoms with van der Waals surface area (Å²) in [6.07, 6.45) is 0. The first-order valence-corrected chi connectivity index (χ1v) is 6.74. The highest BCUT2D eigenvalue weighted by molar-refractivity contribution is 9.10. The molecular formula is C14H21BrFN. The summed E-state index contributed by atoms with van der Waals surface area (Å²) in [5, 5.41) is 3.31. The maximum absolute atomic E-state index is 13.5. The van der Waals surface area contributed by atoms with E-state index in [9.17, 15) is 4.39 Å². The predicted octanol–water partition coefficient (Wildman–Crippen LogP) is 4.36. The van der Waals surface area contributed by atoms with Crippen LogP contribution in [0.3, 0.4) is 0 Å². The fourth-order valence-corrected chi connectivity index (χ4v) is 1.73. The molecule has 0 saturated heterocycles. The zero-order valence-electron chi connectivity index (χ0n) is 11.0. The lowest BCUT2D eigenvalue weighted by Gasteiger charge is -2.27. The van der Waals surface area contributed by atoms with E-state index in [0.29, 0.717) is 18.0 Å². The van der Waals surface area contributed by atoms with Crippen LogP contribution in [0.4, 0.5) is 4.39 Å². The first-order chi connectivity index (χ1) is 7.80. The molecule has 0 spiro atoms. The van der Waals surface area contributed by atoms with Crippen LogP contribution in [0, 0.1) is 17.2 Å². The maximum Gasteiger partial charge on any atom is 0.128 e. The minimum absolute atomic E-state index is 0.157. The lowest BCUT2D eigenvalue weighted by molar-refractivity contribution is 0.252. The van der Waals surface area contributed by atoms with Crippen LogP contribution >= 0.6 is 15.9 Å². The Balaban J connectivity index is 2.46. The van der Waals surface area contributed by atoms with Crippen molar-refractivity contribution >= 4 is 15.9 Å². The third kappa shape index (κ3) is 4.76. The second-order valence-electron chi connectivity index (χ2n) is 5.63. The topological polar surface area (TPSA) is 12.0 Å². The van der Waals surface area contributed by atoms with Crippen molar-refractivity contribution in [2.75, 3.05) is 6.54 Å². The number of benzene rings is 1. The molecule has 0 amide bonds. The Morgan fingerprint density at radius 2 is 2.00 bits per heavy atom. The molecule has 1 rings (SSSR count). The Morgan fingerprint density at radius 3 is 2.53 bits per heavy atom. The first-order valence-electron chi connectivity index (χ1n) is 5.95. The van der Waals surface area contributed by atoms with Gasteiger partial charge < -0.3 is 5.32 Å². The normalized spacial score (nSPS) is 13.8. The summed E-state index contributed by atoms with van der Waals surface area (Å²) in [4.78, 5) is 0. The minimum atomic E-state index is -0.157. The van der Waals surface area contributed by atoms with Gasteiger partial charge in [0.2, 0.25) is 0 Å². The van der Waals surface area contributed by atoms with Crippen molar-refractivity contribution in [2.24, 2.45) is 11.3 Å². The number of hydrogen-bond acceptors (Lipinski definition) is 1. The fraction of sp³-hybridized carbons (Fsp3) is 0.571. The average molecular weight is 302 g/mol. The van der Waals surface area contributed by atoms with Gasteiger partial charge in [-0.1, -0.05) is 49.7 Å². The average Bonchev–Trinajstić information content (AvgIpc) is 2.19. The Kier molecular flexibility index (Phi) is 5.14. The summed E-state index contributed by atoms with van der Waals surface area (Å²) in [5.41, 5.74) is 1.000. The molecule has 1 nitrogen and oxygen atoms in total. The highest BCUT2D eigenvalue weighted by Crippen LogP contribution is 2.24. The van der Waals surface area contributed by atoms with Crippen molar-refractivity contribution in [3.63, 3.8) is 0 Å². The van der Waals surface area contributed by atoms with Gasteiger partial charge in [0, 0.05) is 16.6 Å². The molecule has 1 unspecified atom stereocenters. The lowest BCUT2D eigenvalue weighted by Crippen LogP contribution is -2.29. The van der Waals surface area contributed by atoms with Crippen LogP contribution in [-0.4, -0.2) is 6.54 Å². The van der Waals surface area contributed by atoms with Crippen molar-refractivity contribution in [3.8, 4) is 0 Å². The highest BCUT2D eigenvalue weighted by Gasteiger charge is 2.19. The lowest BCUT2D eigenvalue weighted by atomic mass is 9.82. The molecule has 0 aliphatic rings. The van der Waals surface area contributed by atoms with Crippen LogP contribution in [-0.2, 0) is 6.54 Å². The van der Waals surface area contributed by atoms with Gasteiger partial charge in [-0.3, -0.25) is 0 Å². The Bertz CT molecular complexity index is 371. The molecular weight excluding hydrogens is 281 g/mol. The highest BCUT2D eigenvalue weighted by atomic mass is 79.9. The number of rotatable bonds is 4. The van der Waals surface area contributed by atoms with Gasteiger partial charge in [0.25, 0.3) is 0 Å². The monoisotopic (exact) mass is 301 g/mol. The van der Waals surface area contributed by atoms with Gasteiger partial charge >= 0.3 is 0 Å². The summed E-state index contributed by atoms with van der Waals surface area (Å²) < 4.78 is 14.3.